The van der Waals surface area contributed by atoms with Gasteiger partial charge in [-0.15, -0.1) is 0 Å². The summed E-state index contributed by atoms with van der Waals surface area (Å²) >= 11 is 2.86. The minimum absolute atomic E-state index is 0.164. The van der Waals surface area contributed by atoms with Crippen molar-refractivity contribution in [3.63, 3.8) is 0 Å². The minimum atomic E-state index is -4.38. The molecular weight excluding hydrogens is 545 g/mol. The van der Waals surface area contributed by atoms with Gasteiger partial charge in [0, 0.05) is 48.3 Å². The standard InChI is InChI=1S/C11H12N4.C8H12N2S.C7H7F3N2S/c1-2-13-11-14-7-5-10(15-11)9-4-3-6-12-8-9;1-4-11-8-9-6(2)5-7(3)10-8;1-2-13-6-11-4-3-5(12-6)7(8,9)10/h3-8H,2H2,1H3,(H,13,14,15);5H,4H2,1-3H3;3-4H,2H2,1H3. The van der Waals surface area contributed by atoms with Crippen LogP contribution in [0.5, 0.6) is 0 Å². The number of nitrogens with zero attached hydrogens (tertiary/aromatic N) is 7. The molecule has 0 saturated carbocycles. The third-order valence-corrected chi connectivity index (χ3v) is 5.85. The lowest BCUT2D eigenvalue weighted by Crippen LogP contribution is -2.08. The molecule has 0 radical (unpaired) electrons. The average Bonchev–Trinajstić information content (AvgIpc) is 2.90. The van der Waals surface area contributed by atoms with Crippen molar-refractivity contribution in [1.82, 2.24) is 34.9 Å². The van der Waals surface area contributed by atoms with Gasteiger partial charge < -0.3 is 5.32 Å². The van der Waals surface area contributed by atoms with Crippen LogP contribution in [0.4, 0.5) is 19.1 Å². The molecule has 13 heteroatoms. The zero-order chi connectivity index (χ0) is 28.7. The number of hydrogen-bond donors (Lipinski definition) is 1. The van der Waals surface area contributed by atoms with E-state index in [0.717, 1.165) is 52.4 Å². The molecule has 0 aromatic carbocycles. The maximum absolute atomic E-state index is 12.1. The van der Waals surface area contributed by atoms with Crippen molar-refractivity contribution in [1.29, 1.82) is 0 Å². The molecule has 0 fully saturated rings. The van der Waals surface area contributed by atoms with E-state index in [4.69, 9.17) is 0 Å². The molecule has 0 bridgehead atoms. The summed E-state index contributed by atoms with van der Waals surface area (Å²) in [5.41, 5.74) is 3.09. The molecule has 4 heterocycles. The fourth-order valence-corrected chi connectivity index (χ4v) is 4.09. The van der Waals surface area contributed by atoms with E-state index in [1.54, 1.807) is 30.4 Å². The number of aromatic nitrogens is 7. The van der Waals surface area contributed by atoms with Gasteiger partial charge in [-0.05, 0) is 62.6 Å². The minimum Gasteiger partial charge on any atom is -0.354 e. The van der Waals surface area contributed by atoms with Crippen molar-refractivity contribution in [3.8, 4) is 11.3 Å². The van der Waals surface area contributed by atoms with Crippen molar-refractivity contribution in [2.75, 3.05) is 23.4 Å². The average molecular weight is 577 g/mol. The van der Waals surface area contributed by atoms with Crippen molar-refractivity contribution < 1.29 is 13.2 Å². The third kappa shape index (κ3) is 11.9. The second-order valence-corrected chi connectivity index (χ2v) is 10.0. The Bertz CT molecular complexity index is 1260. The first-order valence-electron chi connectivity index (χ1n) is 12.1. The zero-order valence-corrected chi connectivity index (χ0v) is 24.0. The number of rotatable bonds is 7. The molecule has 0 amide bonds. The highest BCUT2D eigenvalue weighted by atomic mass is 32.2. The van der Waals surface area contributed by atoms with Crippen LogP contribution >= 0.6 is 23.5 Å². The molecule has 0 aliphatic carbocycles. The molecule has 39 heavy (non-hydrogen) atoms. The van der Waals surface area contributed by atoms with E-state index in [-0.39, 0.29) is 5.16 Å². The van der Waals surface area contributed by atoms with Crippen LogP contribution in [-0.2, 0) is 6.18 Å². The van der Waals surface area contributed by atoms with Gasteiger partial charge in [-0.1, -0.05) is 37.4 Å². The molecular formula is C26H31F3N8S2. The van der Waals surface area contributed by atoms with Crippen LogP contribution in [0.25, 0.3) is 11.3 Å². The lowest BCUT2D eigenvalue weighted by Gasteiger charge is -2.05. The van der Waals surface area contributed by atoms with Crippen LogP contribution in [-0.4, -0.2) is 52.9 Å². The number of thioether (sulfide) groups is 2. The molecule has 208 valence electrons. The summed E-state index contributed by atoms with van der Waals surface area (Å²) < 4.78 is 36.3. The van der Waals surface area contributed by atoms with Gasteiger partial charge in [-0.3, -0.25) is 4.98 Å². The Morgan fingerprint density at radius 2 is 1.46 bits per heavy atom. The van der Waals surface area contributed by atoms with Gasteiger partial charge in [-0.25, -0.2) is 29.9 Å². The second-order valence-electron chi connectivity index (χ2n) is 7.56. The summed E-state index contributed by atoms with van der Waals surface area (Å²) in [6, 6.07) is 8.59. The van der Waals surface area contributed by atoms with Gasteiger partial charge in [0.25, 0.3) is 0 Å². The van der Waals surface area contributed by atoms with Crippen LogP contribution in [0.3, 0.4) is 0 Å². The van der Waals surface area contributed by atoms with E-state index < -0.39 is 11.9 Å². The zero-order valence-electron chi connectivity index (χ0n) is 22.4. The summed E-state index contributed by atoms with van der Waals surface area (Å²) in [4.78, 5) is 28.1. The molecule has 0 spiro atoms. The van der Waals surface area contributed by atoms with E-state index in [2.05, 4.69) is 47.1 Å². The predicted molar refractivity (Wildman–Crippen MR) is 151 cm³/mol. The normalized spacial score (nSPS) is 10.6. The molecule has 4 aromatic rings. The molecule has 0 aliphatic heterocycles. The van der Waals surface area contributed by atoms with Crippen LogP contribution in [0.15, 0.2) is 65.4 Å². The SMILES string of the molecule is CCNc1nccc(-c2cccnc2)n1.CCSc1nc(C)cc(C)n1.CCSc1nccc(C(F)(F)F)n1. The highest BCUT2D eigenvalue weighted by Gasteiger charge is 2.32. The van der Waals surface area contributed by atoms with Crippen LogP contribution in [0.2, 0.25) is 0 Å². The maximum atomic E-state index is 12.1. The summed E-state index contributed by atoms with van der Waals surface area (Å²) in [6.07, 6.45) is 2.01. The number of hydrogen-bond acceptors (Lipinski definition) is 10. The molecule has 4 rings (SSSR count). The Balaban J connectivity index is 0.000000208. The van der Waals surface area contributed by atoms with E-state index >= 15 is 0 Å². The fraction of sp³-hybridized carbons (Fsp3) is 0.346. The first kappa shape index (κ1) is 31.9. The Morgan fingerprint density at radius 1 is 0.795 bits per heavy atom. The van der Waals surface area contributed by atoms with Crippen LogP contribution < -0.4 is 5.32 Å². The second kappa shape index (κ2) is 16.6. The molecule has 0 aliphatic rings. The van der Waals surface area contributed by atoms with Crippen molar-refractivity contribution >= 4 is 29.5 Å². The van der Waals surface area contributed by atoms with Crippen molar-refractivity contribution in [2.24, 2.45) is 0 Å². The number of anilines is 1. The number of aryl methyl sites for hydroxylation is 2. The maximum Gasteiger partial charge on any atom is 0.433 e. The Morgan fingerprint density at radius 3 is 2.05 bits per heavy atom. The van der Waals surface area contributed by atoms with Gasteiger partial charge >= 0.3 is 6.18 Å². The van der Waals surface area contributed by atoms with E-state index in [0.29, 0.717) is 11.7 Å². The highest BCUT2D eigenvalue weighted by molar-refractivity contribution is 7.99. The summed E-state index contributed by atoms with van der Waals surface area (Å²) in [7, 11) is 0. The number of nitrogens with one attached hydrogen (secondary N) is 1. The smallest absolute Gasteiger partial charge is 0.354 e. The quantitative estimate of drug-likeness (QED) is 0.187. The van der Waals surface area contributed by atoms with Gasteiger partial charge in [0.2, 0.25) is 5.95 Å². The largest absolute Gasteiger partial charge is 0.433 e. The molecule has 0 unspecified atom stereocenters. The molecule has 8 nitrogen and oxygen atoms in total. The Labute approximate surface area is 235 Å². The monoisotopic (exact) mass is 576 g/mol. The number of halogens is 3. The third-order valence-electron chi connectivity index (χ3n) is 4.38. The van der Waals surface area contributed by atoms with Crippen molar-refractivity contribution in [2.45, 2.75) is 51.1 Å². The summed E-state index contributed by atoms with van der Waals surface area (Å²) in [5, 5.41) is 4.13. The summed E-state index contributed by atoms with van der Waals surface area (Å²) in [6.45, 7) is 10.7. The van der Waals surface area contributed by atoms with Gasteiger partial charge in [0.1, 0.15) is 5.69 Å². The predicted octanol–water partition coefficient (Wildman–Crippen LogP) is 6.78. The Hall–Kier alpha value is -3.32. The van der Waals surface area contributed by atoms with Crippen molar-refractivity contribution in [3.05, 3.63) is 72.2 Å². The van der Waals surface area contributed by atoms with Gasteiger partial charge in [-0.2, -0.15) is 13.2 Å². The van der Waals surface area contributed by atoms with Gasteiger partial charge in [0.05, 0.1) is 5.69 Å². The Kier molecular flexibility index (Phi) is 13.6. The molecule has 0 atom stereocenters. The first-order valence-corrected chi connectivity index (χ1v) is 14.1. The number of alkyl halides is 3. The molecule has 0 saturated heterocycles. The van der Waals surface area contributed by atoms with Gasteiger partial charge in [0.15, 0.2) is 10.3 Å². The lowest BCUT2D eigenvalue weighted by atomic mass is 10.2. The topological polar surface area (TPSA) is 102 Å². The fourth-order valence-electron chi connectivity index (χ4n) is 2.86. The van der Waals surface area contributed by atoms with E-state index in [1.165, 1.54) is 11.8 Å². The number of pyridine rings is 1. The molecule has 4 aromatic heterocycles. The van der Waals surface area contributed by atoms with Crippen LogP contribution in [0, 0.1) is 13.8 Å². The first-order chi connectivity index (χ1) is 18.7. The molecule has 1 N–H and O–H groups in total. The van der Waals surface area contributed by atoms with Crippen LogP contribution in [0.1, 0.15) is 37.9 Å². The highest BCUT2D eigenvalue weighted by Crippen LogP contribution is 2.28. The lowest BCUT2D eigenvalue weighted by molar-refractivity contribution is -0.141. The van der Waals surface area contributed by atoms with E-state index in [9.17, 15) is 13.2 Å². The summed E-state index contributed by atoms with van der Waals surface area (Å²) in [5.74, 6) is 2.34. The van der Waals surface area contributed by atoms with E-state index in [1.807, 2.05) is 52.0 Å².